The van der Waals surface area contributed by atoms with Crippen LogP contribution in [0.1, 0.15) is 58.8 Å². The highest BCUT2D eigenvalue weighted by Crippen LogP contribution is 2.32. The summed E-state index contributed by atoms with van der Waals surface area (Å²) in [6.07, 6.45) is 6.08. The van der Waals surface area contributed by atoms with Gasteiger partial charge in [-0.1, -0.05) is 33.1 Å². The van der Waals surface area contributed by atoms with Gasteiger partial charge in [-0.3, -0.25) is 4.79 Å². The molecule has 0 heterocycles. The maximum absolute atomic E-state index is 11.6. The van der Waals surface area contributed by atoms with E-state index in [0.29, 0.717) is 30.8 Å². The van der Waals surface area contributed by atoms with E-state index in [0.717, 1.165) is 32.1 Å². The van der Waals surface area contributed by atoms with Crippen molar-refractivity contribution in [1.29, 1.82) is 0 Å². The lowest BCUT2D eigenvalue weighted by Crippen LogP contribution is -2.38. The Bertz CT molecular complexity index is 320. The molecule has 1 saturated carbocycles. The first-order chi connectivity index (χ1) is 9.56. The lowest BCUT2D eigenvalue weighted by molar-refractivity contribution is -0.137. The van der Waals surface area contributed by atoms with Gasteiger partial charge in [-0.05, 0) is 31.1 Å². The van der Waals surface area contributed by atoms with Gasteiger partial charge in [-0.2, -0.15) is 0 Å². The van der Waals surface area contributed by atoms with Gasteiger partial charge in [-0.25, -0.2) is 4.79 Å². The molecule has 0 bridgehead atoms. The summed E-state index contributed by atoms with van der Waals surface area (Å²) in [4.78, 5) is 22.2. The maximum Gasteiger partial charge on any atom is 0.315 e. The van der Waals surface area contributed by atoms with Crippen molar-refractivity contribution in [1.82, 2.24) is 10.6 Å². The zero-order chi connectivity index (χ0) is 15.0. The Morgan fingerprint density at radius 3 is 2.55 bits per heavy atom. The molecule has 116 valence electrons. The third-order valence-electron chi connectivity index (χ3n) is 4.06. The van der Waals surface area contributed by atoms with Gasteiger partial charge in [0.15, 0.2) is 0 Å². The molecule has 0 saturated heterocycles. The molecule has 0 aromatic rings. The summed E-state index contributed by atoms with van der Waals surface area (Å²) in [6.45, 7) is 4.87. The number of carbonyl (C=O) groups is 2. The number of aliphatic carboxylic acids is 1. The summed E-state index contributed by atoms with van der Waals surface area (Å²) < 4.78 is 0. The molecular weight excluding hydrogens is 256 g/mol. The third kappa shape index (κ3) is 6.78. The van der Waals surface area contributed by atoms with Crippen molar-refractivity contribution in [3.05, 3.63) is 0 Å². The van der Waals surface area contributed by atoms with E-state index in [4.69, 9.17) is 5.11 Å². The quantitative estimate of drug-likeness (QED) is 0.577. The number of hydrogen-bond acceptors (Lipinski definition) is 2. The van der Waals surface area contributed by atoms with Crippen LogP contribution < -0.4 is 10.6 Å². The highest BCUT2D eigenvalue weighted by atomic mass is 16.4. The lowest BCUT2D eigenvalue weighted by atomic mass is 9.94. The Labute approximate surface area is 121 Å². The van der Waals surface area contributed by atoms with Crippen LogP contribution >= 0.6 is 0 Å². The van der Waals surface area contributed by atoms with E-state index in [1.54, 1.807) is 0 Å². The number of rotatable bonds is 10. The minimum Gasteiger partial charge on any atom is -0.481 e. The van der Waals surface area contributed by atoms with Crippen LogP contribution in [0.4, 0.5) is 4.79 Å². The van der Waals surface area contributed by atoms with Crippen LogP contribution in [0.15, 0.2) is 0 Å². The van der Waals surface area contributed by atoms with E-state index in [1.807, 2.05) is 0 Å². The number of carboxylic acids is 1. The molecule has 2 amide bonds. The van der Waals surface area contributed by atoms with Crippen LogP contribution in [0.3, 0.4) is 0 Å². The van der Waals surface area contributed by atoms with Crippen molar-refractivity contribution in [3.8, 4) is 0 Å². The van der Waals surface area contributed by atoms with Crippen molar-refractivity contribution >= 4 is 12.0 Å². The smallest absolute Gasteiger partial charge is 0.315 e. The van der Waals surface area contributed by atoms with Gasteiger partial charge < -0.3 is 15.7 Å². The third-order valence-corrected chi connectivity index (χ3v) is 4.06. The molecule has 3 atom stereocenters. The number of hydrogen-bond donors (Lipinski definition) is 3. The minimum absolute atomic E-state index is 0.0839. The van der Waals surface area contributed by atoms with Gasteiger partial charge >= 0.3 is 12.0 Å². The normalized spacial score (nSPS) is 22.1. The zero-order valence-corrected chi connectivity index (χ0v) is 12.7. The Kier molecular flexibility index (Phi) is 7.41. The van der Waals surface area contributed by atoms with Crippen molar-refractivity contribution in [3.63, 3.8) is 0 Å². The lowest BCUT2D eigenvalue weighted by Gasteiger charge is -2.15. The van der Waals surface area contributed by atoms with Crippen LogP contribution in [0.5, 0.6) is 0 Å². The molecule has 3 unspecified atom stereocenters. The fraction of sp³-hybridized carbons (Fsp3) is 0.867. The average molecular weight is 284 g/mol. The topological polar surface area (TPSA) is 78.4 Å². The summed E-state index contributed by atoms with van der Waals surface area (Å²) in [5, 5.41) is 14.6. The first-order valence-electron chi connectivity index (χ1n) is 7.82. The highest BCUT2D eigenvalue weighted by molar-refractivity contribution is 5.74. The maximum atomic E-state index is 11.6. The van der Waals surface area contributed by atoms with Gasteiger partial charge in [0.05, 0.1) is 0 Å². The van der Waals surface area contributed by atoms with E-state index < -0.39 is 5.97 Å². The second-order valence-electron chi connectivity index (χ2n) is 5.79. The molecule has 0 aliphatic heterocycles. The summed E-state index contributed by atoms with van der Waals surface area (Å²) >= 11 is 0. The molecule has 5 nitrogen and oxygen atoms in total. The average Bonchev–Trinajstić information content (AvgIpc) is 3.14. The van der Waals surface area contributed by atoms with E-state index in [-0.39, 0.29) is 12.5 Å². The number of carboxylic acid groups (broad SMARTS) is 1. The Hall–Kier alpha value is -1.26. The minimum atomic E-state index is -0.740. The molecule has 1 fully saturated rings. The van der Waals surface area contributed by atoms with Crippen LogP contribution in [0, 0.1) is 11.8 Å². The number of amides is 2. The summed E-state index contributed by atoms with van der Waals surface area (Å²) in [6, 6.07) is 0.276. The van der Waals surface area contributed by atoms with Gasteiger partial charge in [0, 0.05) is 19.0 Å². The first kappa shape index (κ1) is 16.8. The molecular formula is C15H28N2O3. The molecule has 5 heteroatoms. The predicted octanol–water partition coefficient (Wildman–Crippen LogP) is 2.76. The van der Waals surface area contributed by atoms with Crippen LogP contribution in [-0.4, -0.2) is 29.7 Å². The Balaban J connectivity index is 2.12. The van der Waals surface area contributed by atoms with Gasteiger partial charge in [0.2, 0.25) is 0 Å². The molecule has 0 spiro atoms. The summed E-state index contributed by atoms with van der Waals surface area (Å²) in [5.41, 5.74) is 0. The number of carbonyl (C=O) groups excluding carboxylic acids is 1. The predicted molar refractivity (Wildman–Crippen MR) is 78.6 cm³/mol. The van der Waals surface area contributed by atoms with Crippen LogP contribution in [0.2, 0.25) is 0 Å². The molecule has 1 rings (SSSR count). The monoisotopic (exact) mass is 284 g/mol. The summed E-state index contributed by atoms with van der Waals surface area (Å²) in [7, 11) is 0. The first-order valence-corrected chi connectivity index (χ1v) is 7.82. The fourth-order valence-corrected chi connectivity index (χ4v) is 2.65. The standard InChI is InChI=1S/C15H28N2O3/c1-3-5-11(6-7-14(18)19)8-9-16-15(20)17-13-10-12(13)4-2/h11-13H,3-10H2,1-2H3,(H,18,19)(H2,16,17,20). The number of nitrogens with one attached hydrogen (secondary N) is 2. The van der Waals surface area contributed by atoms with Crippen LogP contribution in [-0.2, 0) is 4.79 Å². The van der Waals surface area contributed by atoms with Crippen molar-refractivity contribution < 1.29 is 14.7 Å². The highest BCUT2D eigenvalue weighted by Gasteiger charge is 2.36. The van der Waals surface area contributed by atoms with E-state index in [9.17, 15) is 9.59 Å². The molecule has 3 N–H and O–H groups in total. The number of urea groups is 1. The van der Waals surface area contributed by atoms with E-state index >= 15 is 0 Å². The molecule has 0 aromatic carbocycles. The SMILES string of the molecule is CCCC(CCNC(=O)NC1CC1CC)CCC(=O)O. The molecule has 0 aromatic heterocycles. The second kappa shape index (κ2) is 8.82. The van der Waals surface area contributed by atoms with Gasteiger partial charge in [0.25, 0.3) is 0 Å². The van der Waals surface area contributed by atoms with Crippen LogP contribution in [0.25, 0.3) is 0 Å². The van der Waals surface area contributed by atoms with E-state index in [2.05, 4.69) is 24.5 Å². The Morgan fingerprint density at radius 2 is 2.00 bits per heavy atom. The molecule has 20 heavy (non-hydrogen) atoms. The van der Waals surface area contributed by atoms with Crippen molar-refractivity contribution in [2.45, 2.75) is 64.8 Å². The molecule has 0 radical (unpaired) electrons. The largest absolute Gasteiger partial charge is 0.481 e. The Morgan fingerprint density at radius 1 is 1.25 bits per heavy atom. The van der Waals surface area contributed by atoms with Crippen molar-refractivity contribution in [2.24, 2.45) is 11.8 Å². The second-order valence-corrected chi connectivity index (χ2v) is 5.79. The van der Waals surface area contributed by atoms with Crippen molar-refractivity contribution in [2.75, 3.05) is 6.54 Å². The zero-order valence-electron chi connectivity index (χ0n) is 12.7. The van der Waals surface area contributed by atoms with Gasteiger partial charge in [-0.15, -0.1) is 0 Å². The van der Waals surface area contributed by atoms with E-state index in [1.165, 1.54) is 0 Å². The fourth-order valence-electron chi connectivity index (χ4n) is 2.65. The summed E-state index contributed by atoms with van der Waals surface area (Å²) in [5.74, 6) is 0.306. The molecule has 1 aliphatic rings. The molecule has 1 aliphatic carbocycles. The van der Waals surface area contributed by atoms with Gasteiger partial charge in [0.1, 0.15) is 0 Å².